The van der Waals surface area contributed by atoms with Crippen LogP contribution in [0.15, 0.2) is 29.3 Å². The summed E-state index contributed by atoms with van der Waals surface area (Å²) in [4.78, 5) is 6.85. The van der Waals surface area contributed by atoms with Crippen LogP contribution in [0.2, 0.25) is 0 Å². The Morgan fingerprint density at radius 3 is 2.50 bits per heavy atom. The fraction of sp³-hybridized carbons (Fsp3) is 0.632. The van der Waals surface area contributed by atoms with Gasteiger partial charge in [-0.25, -0.2) is 0 Å². The summed E-state index contributed by atoms with van der Waals surface area (Å²) in [5, 5.41) is 6.86. The summed E-state index contributed by atoms with van der Waals surface area (Å²) >= 11 is 0. The van der Waals surface area contributed by atoms with E-state index < -0.39 is 0 Å². The molecule has 0 radical (unpaired) electrons. The van der Waals surface area contributed by atoms with E-state index in [2.05, 4.69) is 53.4 Å². The first-order valence-electron chi connectivity index (χ1n) is 8.99. The van der Waals surface area contributed by atoms with E-state index in [0.717, 1.165) is 31.3 Å². The van der Waals surface area contributed by atoms with Crippen LogP contribution >= 0.6 is 0 Å². The topological polar surface area (TPSA) is 48.9 Å². The Morgan fingerprint density at radius 2 is 1.92 bits per heavy atom. The van der Waals surface area contributed by atoms with Crippen LogP contribution < -0.4 is 15.4 Å². The summed E-state index contributed by atoms with van der Waals surface area (Å²) in [5.41, 5.74) is 1.24. The zero-order valence-corrected chi connectivity index (χ0v) is 15.5. The van der Waals surface area contributed by atoms with Gasteiger partial charge in [0.1, 0.15) is 12.4 Å². The van der Waals surface area contributed by atoms with Crippen LogP contribution in [0.1, 0.15) is 32.3 Å². The smallest absolute Gasteiger partial charge is 0.191 e. The number of aliphatic imine (C=N–C) groups is 1. The summed E-state index contributed by atoms with van der Waals surface area (Å²) in [5.74, 6) is 1.77. The number of nitrogens with one attached hydrogen (secondary N) is 2. The highest BCUT2D eigenvalue weighted by Gasteiger charge is 2.21. The van der Waals surface area contributed by atoms with Crippen LogP contribution in [-0.2, 0) is 0 Å². The molecule has 1 aliphatic rings. The molecule has 24 heavy (non-hydrogen) atoms. The maximum Gasteiger partial charge on any atom is 0.191 e. The molecule has 1 saturated heterocycles. The third-order valence-electron chi connectivity index (χ3n) is 4.51. The quantitative estimate of drug-likeness (QED) is 0.477. The van der Waals surface area contributed by atoms with Crippen molar-refractivity contribution in [2.24, 2.45) is 4.99 Å². The monoisotopic (exact) mass is 332 g/mol. The van der Waals surface area contributed by atoms with E-state index in [1.807, 2.05) is 19.2 Å². The summed E-state index contributed by atoms with van der Waals surface area (Å²) in [6.07, 6.45) is 2.33. The zero-order valence-electron chi connectivity index (χ0n) is 15.5. The normalized spacial score (nSPS) is 17.1. The molecule has 0 saturated carbocycles. The summed E-state index contributed by atoms with van der Waals surface area (Å²) in [6, 6.07) is 9.28. The SMILES string of the molecule is CN=C(NCCOc1ccc(C)cc1)NC1CCN(C(C)C)CC1. The van der Waals surface area contributed by atoms with Crippen molar-refractivity contribution in [1.82, 2.24) is 15.5 Å². The van der Waals surface area contributed by atoms with Gasteiger partial charge in [0.15, 0.2) is 5.96 Å². The molecule has 1 fully saturated rings. The first-order valence-corrected chi connectivity index (χ1v) is 8.99. The van der Waals surface area contributed by atoms with Crippen LogP contribution in [0.4, 0.5) is 0 Å². The Labute approximate surface area is 146 Å². The highest BCUT2D eigenvalue weighted by molar-refractivity contribution is 5.79. The van der Waals surface area contributed by atoms with Crippen LogP contribution in [0.3, 0.4) is 0 Å². The average Bonchev–Trinajstić information content (AvgIpc) is 2.59. The number of ether oxygens (including phenoxy) is 1. The number of hydrogen-bond donors (Lipinski definition) is 2. The molecular formula is C19H32N4O. The molecule has 1 aliphatic heterocycles. The second-order valence-corrected chi connectivity index (χ2v) is 6.71. The minimum absolute atomic E-state index is 0.504. The van der Waals surface area contributed by atoms with Gasteiger partial charge in [-0.15, -0.1) is 0 Å². The standard InChI is InChI=1S/C19H32N4O/c1-15(2)23-12-9-17(10-13-23)22-19(20-4)21-11-14-24-18-7-5-16(3)6-8-18/h5-8,15,17H,9-14H2,1-4H3,(H2,20,21,22). The molecule has 134 valence electrons. The van der Waals surface area contributed by atoms with Crippen LogP contribution in [0.25, 0.3) is 0 Å². The Morgan fingerprint density at radius 1 is 1.25 bits per heavy atom. The van der Waals surface area contributed by atoms with Crippen LogP contribution in [0.5, 0.6) is 5.75 Å². The minimum atomic E-state index is 0.504. The molecule has 2 N–H and O–H groups in total. The maximum atomic E-state index is 5.73. The van der Waals surface area contributed by atoms with Gasteiger partial charge in [-0.2, -0.15) is 0 Å². The number of guanidine groups is 1. The third kappa shape index (κ3) is 6.04. The molecule has 0 bridgehead atoms. The fourth-order valence-electron chi connectivity index (χ4n) is 2.92. The lowest BCUT2D eigenvalue weighted by atomic mass is 10.0. The summed E-state index contributed by atoms with van der Waals surface area (Å²) in [6.45, 7) is 10.3. The van der Waals surface area contributed by atoms with Gasteiger partial charge in [-0.1, -0.05) is 17.7 Å². The molecular weight excluding hydrogens is 300 g/mol. The molecule has 0 atom stereocenters. The highest BCUT2D eigenvalue weighted by Crippen LogP contribution is 2.13. The Balaban J connectivity index is 1.65. The van der Waals surface area contributed by atoms with Gasteiger partial charge < -0.3 is 20.3 Å². The van der Waals surface area contributed by atoms with Crippen LogP contribution in [0, 0.1) is 6.92 Å². The number of likely N-dealkylation sites (tertiary alicyclic amines) is 1. The number of hydrogen-bond acceptors (Lipinski definition) is 3. The van der Waals surface area contributed by atoms with E-state index in [0.29, 0.717) is 18.7 Å². The van der Waals surface area contributed by atoms with Crippen molar-refractivity contribution in [3.63, 3.8) is 0 Å². The van der Waals surface area contributed by atoms with E-state index in [1.165, 1.54) is 18.4 Å². The molecule has 5 nitrogen and oxygen atoms in total. The van der Waals surface area contributed by atoms with Crippen molar-refractivity contribution in [3.05, 3.63) is 29.8 Å². The van der Waals surface area contributed by atoms with E-state index in [-0.39, 0.29) is 0 Å². The van der Waals surface area contributed by atoms with Crippen molar-refractivity contribution in [2.45, 2.75) is 45.7 Å². The van der Waals surface area contributed by atoms with E-state index in [4.69, 9.17) is 4.74 Å². The van der Waals surface area contributed by atoms with Gasteiger partial charge >= 0.3 is 0 Å². The Kier molecular flexibility index (Phi) is 7.37. The van der Waals surface area contributed by atoms with E-state index in [9.17, 15) is 0 Å². The van der Waals surface area contributed by atoms with Crippen molar-refractivity contribution < 1.29 is 4.74 Å². The van der Waals surface area contributed by atoms with Crippen molar-refractivity contribution >= 4 is 5.96 Å². The molecule has 1 aromatic rings. The molecule has 1 heterocycles. The van der Waals surface area contributed by atoms with Crippen molar-refractivity contribution in [2.75, 3.05) is 33.3 Å². The summed E-state index contributed by atoms with van der Waals surface area (Å²) < 4.78 is 5.73. The van der Waals surface area contributed by atoms with Gasteiger partial charge in [0, 0.05) is 32.2 Å². The Hall–Kier alpha value is -1.75. The molecule has 2 rings (SSSR count). The second kappa shape index (κ2) is 9.52. The second-order valence-electron chi connectivity index (χ2n) is 6.71. The number of piperidine rings is 1. The molecule has 0 aromatic heterocycles. The highest BCUT2D eigenvalue weighted by atomic mass is 16.5. The molecule has 0 aliphatic carbocycles. The van der Waals surface area contributed by atoms with Gasteiger partial charge in [-0.3, -0.25) is 4.99 Å². The van der Waals surface area contributed by atoms with Gasteiger partial charge in [-0.05, 0) is 45.7 Å². The van der Waals surface area contributed by atoms with E-state index >= 15 is 0 Å². The molecule has 1 aromatic carbocycles. The molecule has 0 spiro atoms. The predicted molar refractivity (Wildman–Crippen MR) is 101 cm³/mol. The number of rotatable bonds is 6. The lowest BCUT2D eigenvalue weighted by molar-refractivity contribution is 0.167. The fourth-order valence-corrected chi connectivity index (χ4v) is 2.92. The maximum absolute atomic E-state index is 5.73. The Bertz CT molecular complexity index is 505. The summed E-state index contributed by atoms with van der Waals surface area (Å²) in [7, 11) is 1.82. The third-order valence-corrected chi connectivity index (χ3v) is 4.51. The van der Waals surface area contributed by atoms with Crippen molar-refractivity contribution in [3.8, 4) is 5.75 Å². The lowest BCUT2D eigenvalue weighted by Gasteiger charge is -2.35. The van der Waals surface area contributed by atoms with Gasteiger partial charge in [0.25, 0.3) is 0 Å². The number of aryl methyl sites for hydroxylation is 1. The number of benzene rings is 1. The van der Waals surface area contributed by atoms with Gasteiger partial charge in [0.2, 0.25) is 0 Å². The minimum Gasteiger partial charge on any atom is -0.492 e. The van der Waals surface area contributed by atoms with Gasteiger partial charge in [0.05, 0.1) is 6.54 Å². The first kappa shape index (κ1) is 18.6. The molecule has 0 amide bonds. The molecule has 5 heteroatoms. The number of nitrogens with zero attached hydrogens (tertiary/aromatic N) is 2. The average molecular weight is 332 g/mol. The largest absolute Gasteiger partial charge is 0.492 e. The van der Waals surface area contributed by atoms with Crippen molar-refractivity contribution in [1.29, 1.82) is 0 Å². The predicted octanol–water partition coefficient (Wildman–Crippen LogP) is 2.41. The van der Waals surface area contributed by atoms with Crippen LogP contribution in [-0.4, -0.2) is 56.2 Å². The van der Waals surface area contributed by atoms with E-state index in [1.54, 1.807) is 0 Å². The zero-order chi connectivity index (χ0) is 17.4. The lowest BCUT2D eigenvalue weighted by Crippen LogP contribution is -2.50. The first-order chi connectivity index (χ1) is 11.6. The molecule has 0 unspecified atom stereocenters.